The predicted octanol–water partition coefficient (Wildman–Crippen LogP) is 5.25. The highest BCUT2D eigenvalue weighted by atomic mass is 35.5. The van der Waals surface area contributed by atoms with Gasteiger partial charge >= 0.3 is 6.03 Å². The molecule has 0 spiro atoms. The predicted molar refractivity (Wildman–Crippen MR) is 137 cm³/mol. The van der Waals surface area contributed by atoms with Crippen LogP contribution in [0.25, 0.3) is 6.08 Å². The Morgan fingerprint density at radius 1 is 0.917 bits per heavy atom. The highest BCUT2D eigenvalue weighted by molar-refractivity contribution is 6.39. The van der Waals surface area contributed by atoms with Crippen LogP contribution in [-0.2, 0) is 16.2 Å². The number of hydrogen-bond acceptors (Lipinski definition) is 5. The first-order valence-corrected chi connectivity index (χ1v) is 11.4. The molecule has 3 aromatic carbocycles. The molecule has 36 heavy (non-hydrogen) atoms. The Labute approximate surface area is 217 Å². The maximum absolute atomic E-state index is 13.2. The zero-order valence-electron chi connectivity index (χ0n) is 18.7. The number of rotatable bonds is 7. The van der Waals surface area contributed by atoms with E-state index in [9.17, 15) is 14.4 Å². The van der Waals surface area contributed by atoms with Crippen molar-refractivity contribution < 1.29 is 23.9 Å². The monoisotopic (exact) mass is 520 g/mol. The van der Waals surface area contributed by atoms with Gasteiger partial charge in [0.2, 0.25) is 0 Å². The Morgan fingerprint density at radius 3 is 2.31 bits per heavy atom. The minimum absolute atomic E-state index is 0.0189. The van der Waals surface area contributed by atoms with Gasteiger partial charge < -0.3 is 9.47 Å². The van der Waals surface area contributed by atoms with Crippen molar-refractivity contribution in [3.63, 3.8) is 0 Å². The van der Waals surface area contributed by atoms with Gasteiger partial charge in [-0.25, -0.2) is 9.69 Å². The van der Waals surface area contributed by atoms with Crippen molar-refractivity contribution in [3.05, 3.63) is 93.5 Å². The maximum Gasteiger partial charge on any atom is 0.335 e. The topological polar surface area (TPSA) is 84.9 Å². The number of halogens is 2. The number of urea groups is 1. The fraction of sp³-hybridized carbons (Fsp3) is 0.0741. The first kappa shape index (κ1) is 24.9. The molecule has 0 unspecified atom stereocenters. The van der Waals surface area contributed by atoms with Crippen LogP contribution in [0.1, 0.15) is 11.1 Å². The summed E-state index contributed by atoms with van der Waals surface area (Å²) in [7, 11) is 0. The Morgan fingerprint density at radius 2 is 1.61 bits per heavy atom. The van der Waals surface area contributed by atoms with Gasteiger partial charge in [0.25, 0.3) is 11.8 Å². The van der Waals surface area contributed by atoms with E-state index in [2.05, 4.69) is 11.2 Å². The van der Waals surface area contributed by atoms with Crippen LogP contribution >= 0.6 is 23.2 Å². The second-order valence-corrected chi connectivity index (χ2v) is 8.41. The SMILES string of the molecule is C#CCOc1ccc(Cl)cc1/C=C1\C(=O)NC(=O)N(c2ccc(OCc3ccc(Cl)cc3)cc2)C1=O. The van der Waals surface area contributed by atoms with E-state index in [1.807, 2.05) is 12.1 Å². The first-order valence-electron chi connectivity index (χ1n) is 10.6. The Hall–Kier alpha value is -4.25. The smallest absolute Gasteiger partial charge is 0.335 e. The Kier molecular flexibility index (Phi) is 7.59. The van der Waals surface area contributed by atoms with Crippen LogP contribution in [0.15, 0.2) is 72.3 Å². The van der Waals surface area contributed by atoms with E-state index in [1.165, 1.54) is 12.1 Å². The highest BCUT2D eigenvalue weighted by Gasteiger charge is 2.37. The van der Waals surface area contributed by atoms with Gasteiger partial charge in [0, 0.05) is 15.6 Å². The lowest BCUT2D eigenvalue weighted by Gasteiger charge is -2.26. The number of amides is 4. The lowest BCUT2D eigenvalue weighted by molar-refractivity contribution is -0.122. The number of ether oxygens (including phenoxy) is 2. The minimum atomic E-state index is -0.869. The van der Waals surface area contributed by atoms with Crippen molar-refractivity contribution in [2.24, 2.45) is 0 Å². The van der Waals surface area contributed by atoms with Crippen molar-refractivity contribution in [1.29, 1.82) is 0 Å². The van der Waals surface area contributed by atoms with Crippen LogP contribution in [0, 0.1) is 12.3 Å². The van der Waals surface area contributed by atoms with E-state index in [1.54, 1.807) is 48.5 Å². The van der Waals surface area contributed by atoms with Crippen molar-refractivity contribution in [1.82, 2.24) is 5.32 Å². The fourth-order valence-electron chi connectivity index (χ4n) is 3.37. The molecule has 0 bridgehead atoms. The standard InChI is InChI=1S/C27H18Cl2N2O5/c1-2-13-35-24-12-7-20(29)14-18(24)15-23-25(32)30-27(34)31(26(23)33)21-8-10-22(11-9-21)36-16-17-3-5-19(28)6-4-17/h1,3-12,14-15H,13,16H2,(H,30,32,34)/b23-15+. The molecule has 1 fully saturated rings. The van der Waals surface area contributed by atoms with Gasteiger partial charge in [-0.3, -0.25) is 14.9 Å². The van der Waals surface area contributed by atoms with Crippen molar-refractivity contribution >= 4 is 52.8 Å². The molecule has 0 saturated carbocycles. The molecular formula is C27H18Cl2N2O5. The maximum atomic E-state index is 13.2. The molecule has 0 aliphatic carbocycles. The second-order valence-electron chi connectivity index (χ2n) is 7.54. The molecule has 1 aliphatic heterocycles. The van der Waals surface area contributed by atoms with Crippen molar-refractivity contribution in [2.45, 2.75) is 6.61 Å². The van der Waals surface area contributed by atoms with Crippen LogP contribution in [0.2, 0.25) is 10.0 Å². The van der Waals surface area contributed by atoms with Gasteiger partial charge in [-0.1, -0.05) is 41.3 Å². The summed E-state index contributed by atoms with van der Waals surface area (Å²) in [4.78, 5) is 39.1. The molecule has 1 N–H and O–H groups in total. The van der Waals surface area contributed by atoms with E-state index >= 15 is 0 Å². The Balaban J connectivity index is 1.56. The Bertz CT molecular complexity index is 1390. The molecule has 7 nitrogen and oxygen atoms in total. The van der Waals surface area contributed by atoms with Gasteiger partial charge in [0.15, 0.2) is 0 Å². The lowest BCUT2D eigenvalue weighted by atomic mass is 10.1. The molecule has 3 aromatic rings. The summed E-state index contributed by atoms with van der Waals surface area (Å²) in [5.74, 6) is 1.56. The third kappa shape index (κ3) is 5.69. The third-order valence-corrected chi connectivity index (χ3v) is 5.59. The highest BCUT2D eigenvalue weighted by Crippen LogP contribution is 2.29. The number of carbonyl (C=O) groups is 3. The molecule has 4 amide bonds. The summed E-state index contributed by atoms with van der Waals surface area (Å²) in [6.07, 6.45) is 6.56. The summed E-state index contributed by atoms with van der Waals surface area (Å²) < 4.78 is 11.2. The summed E-state index contributed by atoms with van der Waals surface area (Å²) in [6.45, 7) is 0.291. The second kappa shape index (κ2) is 11.0. The zero-order chi connectivity index (χ0) is 25.7. The number of imide groups is 2. The summed E-state index contributed by atoms with van der Waals surface area (Å²) in [5, 5.41) is 3.17. The van der Waals surface area contributed by atoms with E-state index in [0.29, 0.717) is 33.7 Å². The molecule has 9 heteroatoms. The normalized spacial score (nSPS) is 14.4. The number of barbiturate groups is 1. The van der Waals surface area contributed by atoms with Crippen molar-refractivity contribution in [3.8, 4) is 23.8 Å². The molecule has 0 atom stereocenters. The fourth-order valence-corrected chi connectivity index (χ4v) is 3.68. The van der Waals surface area contributed by atoms with E-state index < -0.39 is 17.8 Å². The molecule has 1 aliphatic rings. The number of carbonyl (C=O) groups excluding carboxylic acids is 3. The largest absolute Gasteiger partial charge is 0.489 e. The number of terminal acetylenes is 1. The number of benzene rings is 3. The van der Waals surface area contributed by atoms with Crippen LogP contribution in [0.3, 0.4) is 0 Å². The average molecular weight is 521 g/mol. The molecule has 1 heterocycles. The molecule has 0 radical (unpaired) electrons. The van der Waals surface area contributed by atoms with Gasteiger partial charge in [-0.2, -0.15) is 0 Å². The molecule has 180 valence electrons. The third-order valence-electron chi connectivity index (χ3n) is 5.10. The molecule has 1 saturated heterocycles. The number of anilines is 1. The lowest BCUT2D eigenvalue weighted by Crippen LogP contribution is -2.54. The summed E-state index contributed by atoms with van der Waals surface area (Å²) in [5.41, 5.74) is 1.26. The minimum Gasteiger partial charge on any atom is -0.489 e. The van der Waals surface area contributed by atoms with Crippen LogP contribution in [0.4, 0.5) is 10.5 Å². The van der Waals surface area contributed by atoms with E-state index in [-0.39, 0.29) is 17.9 Å². The molecular weight excluding hydrogens is 503 g/mol. The molecule has 4 rings (SSSR count). The van der Waals surface area contributed by atoms with Crippen LogP contribution in [-0.4, -0.2) is 24.5 Å². The summed E-state index contributed by atoms with van der Waals surface area (Å²) in [6, 6.07) is 17.4. The van der Waals surface area contributed by atoms with Gasteiger partial charge in [0.1, 0.15) is 30.3 Å². The average Bonchev–Trinajstić information content (AvgIpc) is 2.86. The first-order chi connectivity index (χ1) is 17.4. The summed E-state index contributed by atoms with van der Waals surface area (Å²) >= 11 is 12.0. The molecule has 0 aromatic heterocycles. The number of nitrogens with one attached hydrogen (secondary N) is 1. The van der Waals surface area contributed by atoms with E-state index in [0.717, 1.165) is 10.5 Å². The quantitative estimate of drug-likeness (QED) is 0.261. The van der Waals surface area contributed by atoms with Crippen LogP contribution < -0.4 is 19.7 Å². The number of hydrogen-bond donors (Lipinski definition) is 1. The van der Waals surface area contributed by atoms with Gasteiger partial charge in [-0.05, 0) is 66.2 Å². The van der Waals surface area contributed by atoms with Crippen LogP contribution in [0.5, 0.6) is 11.5 Å². The zero-order valence-corrected chi connectivity index (χ0v) is 20.2. The van der Waals surface area contributed by atoms with Crippen molar-refractivity contribution in [2.75, 3.05) is 11.5 Å². The van der Waals surface area contributed by atoms with E-state index in [4.69, 9.17) is 39.1 Å². The van der Waals surface area contributed by atoms with Gasteiger partial charge in [0.05, 0.1) is 5.69 Å². The number of nitrogens with zero attached hydrogens (tertiary/aromatic N) is 1. The van der Waals surface area contributed by atoms with Gasteiger partial charge in [-0.15, -0.1) is 6.42 Å².